The molecule has 5 rings (SSSR count). The molecule has 0 aliphatic carbocycles. The number of hydrogen-bond acceptors (Lipinski definition) is 4. The van der Waals surface area contributed by atoms with Gasteiger partial charge in [0.2, 0.25) is 0 Å². The van der Waals surface area contributed by atoms with Gasteiger partial charge in [-0.2, -0.15) is 5.10 Å². The quantitative estimate of drug-likeness (QED) is 0.513. The van der Waals surface area contributed by atoms with E-state index >= 15 is 0 Å². The maximum absolute atomic E-state index is 13.6. The van der Waals surface area contributed by atoms with Crippen LogP contribution in [0.1, 0.15) is 16.1 Å². The molecule has 6 nitrogen and oxygen atoms in total. The zero-order valence-electron chi connectivity index (χ0n) is 17.8. The third kappa shape index (κ3) is 3.54. The number of anilines is 1. The smallest absolute Gasteiger partial charge is 0.254 e. The number of amides is 1. The van der Waals surface area contributed by atoms with Gasteiger partial charge in [0.1, 0.15) is 0 Å². The number of carbonyl (C=O) groups excluding carboxylic acids is 1. The van der Waals surface area contributed by atoms with E-state index in [-0.39, 0.29) is 5.91 Å². The summed E-state index contributed by atoms with van der Waals surface area (Å²) in [4.78, 5) is 22.8. The molecule has 0 atom stereocenters. The molecule has 0 N–H and O–H groups in total. The molecule has 1 fully saturated rings. The second-order valence-corrected chi connectivity index (χ2v) is 7.94. The predicted molar refractivity (Wildman–Crippen MR) is 123 cm³/mol. The summed E-state index contributed by atoms with van der Waals surface area (Å²) in [7, 11) is 1.88. The second-order valence-electron chi connectivity index (χ2n) is 7.94. The number of nitrogens with zero attached hydrogens (tertiary/aromatic N) is 5. The van der Waals surface area contributed by atoms with Crippen molar-refractivity contribution in [3.05, 3.63) is 78.0 Å². The van der Waals surface area contributed by atoms with Gasteiger partial charge in [-0.05, 0) is 25.1 Å². The van der Waals surface area contributed by atoms with E-state index in [1.165, 1.54) is 5.69 Å². The molecule has 0 unspecified atom stereocenters. The molecule has 0 saturated carbocycles. The van der Waals surface area contributed by atoms with Gasteiger partial charge in [0.25, 0.3) is 5.91 Å². The van der Waals surface area contributed by atoms with Crippen molar-refractivity contribution in [3.8, 4) is 11.3 Å². The Labute approximate surface area is 181 Å². The summed E-state index contributed by atoms with van der Waals surface area (Å²) in [6.45, 7) is 4.97. The predicted octanol–water partition coefficient (Wildman–Crippen LogP) is 3.91. The van der Waals surface area contributed by atoms with E-state index in [2.05, 4.69) is 34.3 Å². The monoisotopic (exact) mass is 411 g/mol. The van der Waals surface area contributed by atoms with Crippen LogP contribution >= 0.6 is 0 Å². The lowest BCUT2D eigenvalue weighted by atomic mass is 10.0. The SMILES string of the molecule is Cc1nn(C)c2nc(-c3ccccc3)cc(C(=O)N3CCN(c4ccccc4)CC3)c12. The Morgan fingerprint density at radius 3 is 2.23 bits per heavy atom. The summed E-state index contributed by atoms with van der Waals surface area (Å²) in [6, 6.07) is 22.3. The van der Waals surface area contributed by atoms with Crippen LogP contribution in [0, 0.1) is 6.92 Å². The van der Waals surface area contributed by atoms with Gasteiger partial charge < -0.3 is 9.80 Å². The Kier molecular flexibility index (Phi) is 4.90. The average molecular weight is 412 g/mol. The Balaban J connectivity index is 1.48. The Morgan fingerprint density at radius 1 is 0.903 bits per heavy atom. The molecular formula is C25H25N5O. The van der Waals surface area contributed by atoms with E-state index in [1.54, 1.807) is 4.68 Å². The van der Waals surface area contributed by atoms with E-state index in [1.807, 2.05) is 61.3 Å². The summed E-state index contributed by atoms with van der Waals surface area (Å²) in [5.41, 5.74) is 5.24. The Morgan fingerprint density at radius 2 is 1.55 bits per heavy atom. The molecular weight excluding hydrogens is 386 g/mol. The molecule has 1 aliphatic heterocycles. The number of fused-ring (bicyclic) bond motifs is 1. The first-order valence-corrected chi connectivity index (χ1v) is 10.6. The molecule has 1 amide bonds. The number of hydrogen-bond donors (Lipinski definition) is 0. The van der Waals surface area contributed by atoms with Crippen LogP contribution in [0.4, 0.5) is 5.69 Å². The molecule has 0 bridgehead atoms. The van der Waals surface area contributed by atoms with Gasteiger partial charge in [-0.3, -0.25) is 9.48 Å². The minimum absolute atomic E-state index is 0.0494. The minimum atomic E-state index is 0.0494. The molecule has 3 heterocycles. The molecule has 1 aliphatic rings. The van der Waals surface area contributed by atoms with Crippen LogP contribution in [-0.2, 0) is 7.05 Å². The van der Waals surface area contributed by atoms with Gasteiger partial charge in [0.15, 0.2) is 5.65 Å². The normalized spacial score (nSPS) is 14.3. The third-order valence-corrected chi connectivity index (χ3v) is 5.96. The van der Waals surface area contributed by atoms with Gasteiger partial charge in [-0.25, -0.2) is 4.98 Å². The maximum atomic E-state index is 13.6. The fourth-order valence-corrected chi connectivity index (χ4v) is 4.35. The third-order valence-electron chi connectivity index (χ3n) is 5.96. The van der Waals surface area contributed by atoms with Crippen molar-refractivity contribution in [2.75, 3.05) is 31.1 Å². The zero-order valence-corrected chi connectivity index (χ0v) is 17.8. The van der Waals surface area contributed by atoms with E-state index in [0.29, 0.717) is 18.7 Å². The molecule has 2 aromatic heterocycles. The summed E-state index contributed by atoms with van der Waals surface area (Å²) in [6.07, 6.45) is 0. The van der Waals surface area contributed by atoms with Crippen LogP contribution in [0.15, 0.2) is 66.7 Å². The van der Waals surface area contributed by atoms with E-state index < -0.39 is 0 Å². The van der Waals surface area contributed by atoms with Crippen molar-refractivity contribution >= 4 is 22.6 Å². The van der Waals surface area contributed by atoms with E-state index in [4.69, 9.17) is 4.98 Å². The highest BCUT2D eigenvalue weighted by Gasteiger charge is 2.26. The van der Waals surface area contributed by atoms with Crippen LogP contribution in [0.2, 0.25) is 0 Å². The van der Waals surface area contributed by atoms with Crippen molar-refractivity contribution < 1.29 is 4.79 Å². The number of para-hydroxylation sites is 1. The minimum Gasteiger partial charge on any atom is -0.368 e. The van der Waals surface area contributed by atoms with Gasteiger partial charge in [-0.1, -0.05) is 48.5 Å². The van der Waals surface area contributed by atoms with Crippen molar-refractivity contribution in [2.24, 2.45) is 7.05 Å². The topological polar surface area (TPSA) is 54.3 Å². The molecule has 4 aromatic rings. The van der Waals surface area contributed by atoms with Crippen LogP contribution in [0.3, 0.4) is 0 Å². The fourth-order valence-electron chi connectivity index (χ4n) is 4.35. The summed E-state index contributed by atoms with van der Waals surface area (Å²) in [5, 5.41) is 5.39. The standard InChI is InChI=1S/C25H25N5O/c1-18-23-21(17-22(19-9-5-3-6-10-19)26-24(23)28(2)27-18)25(31)30-15-13-29(14-16-30)20-11-7-4-8-12-20/h3-12,17H,13-16H2,1-2H3. The first-order chi connectivity index (χ1) is 15.1. The number of benzene rings is 2. The number of rotatable bonds is 3. The fraction of sp³-hybridized carbons (Fsp3) is 0.240. The van der Waals surface area contributed by atoms with Crippen molar-refractivity contribution in [1.29, 1.82) is 0 Å². The average Bonchev–Trinajstić information content (AvgIpc) is 3.12. The van der Waals surface area contributed by atoms with E-state index in [0.717, 1.165) is 41.1 Å². The van der Waals surface area contributed by atoms with Gasteiger partial charge >= 0.3 is 0 Å². The first kappa shape index (κ1) is 19.3. The molecule has 156 valence electrons. The Hall–Kier alpha value is -3.67. The van der Waals surface area contributed by atoms with Crippen molar-refractivity contribution in [3.63, 3.8) is 0 Å². The summed E-state index contributed by atoms with van der Waals surface area (Å²) in [5.74, 6) is 0.0494. The van der Waals surface area contributed by atoms with Crippen LogP contribution in [-0.4, -0.2) is 51.8 Å². The maximum Gasteiger partial charge on any atom is 0.254 e. The second kappa shape index (κ2) is 7.87. The van der Waals surface area contributed by atoms with Crippen molar-refractivity contribution in [1.82, 2.24) is 19.7 Å². The lowest BCUT2D eigenvalue weighted by molar-refractivity contribution is 0.0748. The number of aromatic nitrogens is 3. The largest absolute Gasteiger partial charge is 0.368 e. The molecule has 0 spiro atoms. The molecule has 31 heavy (non-hydrogen) atoms. The molecule has 0 radical (unpaired) electrons. The van der Waals surface area contributed by atoms with Gasteiger partial charge in [0.05, 0.1) is 22.3 Å². The number of carbonyl (C=O) groups is 1. The number of piperazine rings is 1. The number of aryl methyl sites for hydroxylation is 2. The van der Waals surface area contributed by atoms with Gasteiger partial charge in [-0.15, -0.1) is 0 Å². The Bertz CT molecular complexity index is 1230. The van der Waals surface area contributed by atoms with Crippen LogP contribution in [0.25, 0.3) is 22.3 Å². The zero-order chi connectivity index (χ0) is 21.4. The lowest BCUT2D eigenvalue weighted by Gasteiger charge is -2.36. The highest BCUT2D eigenvalue weighted by Crippen LogP contribution is 2.28. The first-order valence-electron chi connectivity index (χ1n) is 10.6. The van der Waals surface area contributed by atoms with Gasteiger partial charge in [0, 0.05) is 44.5 Å². The molecule has 1 saturated heterocycles. The van der Waals surface area contributed by atoms with Crippen LogP contribution < -0.4 is 4.90 Å². The van der Waals surface area contributed by atoms with E-state index in [9.17, 15) is 4.79 Å². The highest BCUT2D eigenvalue weighted by molar-refractivity contribution is 6.07. The molecule has 2 aromatic carbocycles. The van der Waals surface area contributed by atoms with Crippen LogP contribution in [0.5, 0.6) is 0 Å². The summed E-state index contributed by atoms with van der Waals surface area (Å²) < 4.78 is 1.77. The number of pyridine rings is 1. The summed E-state index contributed by atoms with van der Waals surface area (Å²) >= 11 is 0. The lowest BCUT2D eigenvalue weighted by Crippen LogP contribution is -2.48. The highest BCUT2D eigenvalue weighted by atomic mass is 16.2. The van der Waals surface area contributed by atoms with Crippen molar-refractivity contribution in [2.45, 2.75) is 6.92 Å². The molecule has 6 heteroatoms.